The third kappa shape index (κ3) is 3.76. The molecule has 0 aromatic rings. The van der Waals surface area contributed by atoms with Crippen molar-refractivity contribution in [1.82, 2.24) is 4.90 Å². The molecule has 0 spiro atoms. The van der Waals surface area contributed by atoms with Crippen molar-refractivity contribution in [3.05, 3.63) is 0 Å². The molecule has 1 fully saturated rings. The topological polar surface area (TPSA) is 66.6 Å². The summed E-state index contributed by atoms with van der Waals surface area (Å²) in [6.07, 6.45) is 1.51. The zero-order chi connectivity index (χ0) is 12.3. The van der Waals surface area contributed by atoms with E-state index in [-0.39, 0.29) is 11.8 Å². The highest BCUT2D eigenvalue weighted by molar-refractivity contribution is 5.77. The van der Waals surface area contributed by atoms with E-state index < -0.39 is 5.60 Å². The molecule has 3 N–H and O–H groups in total. The number of carbonyl (C=O) groups is 1. The lowest BCUT2D eigenvalue weighted by atomic mass is 9.91. The Morgan fingerprint density at radius 3 is 2.44 bits per heavy atom. The monoisotopic (exact) mass is 228 g/mol. The van der Waals surface area contributed by atoms with Crippen molar-refractivity contribution in [2.75, 3.05) is 19.6 Å². The molecule has 0 bridgehead atoms. The van der Waals surface area contributed by atoms with Crippen LogP contribution in [-0.2, 0) is 4.79 Å². The predicted octanol–water partition coefficient (Wildman–Crippen LogP) is 0.591. The lowest BCUT2D eigenvalue weighted by Crippen LogP contribution is -2.61. The minimum atomic E-state index is -0.675. The van der Waals surface area contributed by atoms with E-state index in [2.05, 4.69) is 13.8 Å². The number of nitrogens with two attached hydrogens (primary N) is 1. The Hall–Kier alpha value is -0.610. The maximum atomic E-state index is 11.8. The van der Waals surface area contributed by atoms with Crippen molar-refractivity contribution in [3.63, 3.8) is 0 Å². The van der Waals surface area contributed by atoms with Gasteiger partial charge in [-0.3, -0.25) is 4.79 Å². The first-order valence-corrected chi connectivity index (χ1v) is 6.04. The highest BCUT2D eigenvalue weighted by Crippen LogP contribution is 2.23. The lowest BCUT2D eigenvalue weighted by molar-refractivity contribution is -0.153. The zero-order valence-electron chi connectivity index (χ0n) is 10.6. The Kier molecular flexibility index (Phi) is 4.33. The quantitative estimate of drug-likeness (QED) is 0.724. The summed E-state index contributed by atoms with van der Waals surface area (Å²) in [7, 11) is 0. The Balaban J connectivity index is 2.33. The molecule has 1 heterocycles. The number of rotatable bonds is 5. The van der Waals surface area contributed by atoms with Crippen LogP contribution >= 0.6 is 0 Å². The van der Waals surface area contributed by atoms with Crippen LogP contribution < -0.4 is 5.73 Å². The molecule has 4 heteroatoms. The van der Waals surface area contributed by atoms with Crippen molar-refractivity contribution in [2.24, 2.45) is 17.6 Å². The van der Waals surface area contributed by atoms with Gasteiger partial charge in [0.1, 0.15) is 0 Å². The number of nitrogens with zero attached hydrogens (tertiary/aromatic N) is 1. The number of hydrogen-bond acceptors (Lipinski definition) is 3. The minimum absolute atomic E-state index is 0.127. The van der Waals surface area contributed by atoms with Crippen molar-refractivity contribution in [3.8, 4) is 0 Å². The third-order valence-corrected chi connectivity index (χ3v) is 3.02. The van der Waals surface area contributed by atoms with Gasteiger partial charge in [0.25, 0.3) is 0 Å². The molecule has 0 saturated carbocycles. The van der Waals surface area contributed by atoms with E-state index in [1.54, 1.807) is 11.8 Å². The van der Waals surface area contributed by atoms with Gasteiger partial charge in [-0.25, -0.2) is 0 Å². The summed E-state index contributed by atoms with van der Waals surface area (Å²) in [6, 6.07) is 0. The lowest BCUT2D eigenvalue weighted by Gasteiger charge is -2.44. The van der Waals surface area contributed by atoms with Crippen molar-refractivity contribution in [1.29, 1.82) is 0 Å². The predicted molar refractivity (Wildman–Crippen MR) is 63.8 cm³/mol. The Morgan fingerprint density at radius 1 is 1.50 bits per heavy atom. The van der Waals surface area contributed by atoms with Crippen LogP contribution in [-0.4, -0.2) is 41.1 Å². The second-order valence-corrected chi connectivity index (χ2v) is 5.68. The molecule has 94 valence electrons. The van der Waals surface area contributed by atoms with Gasteiger partial charge in [0.2, 0.25) is 5.91 Å². The fourth-order valence-corrected chi connectivity index (χ4v) is 2.26. The highest BCUT2D eigenvalue weighted by Gasteiger charge is 2.39. The molecule has 1 rings (SSSR count). The zero-order valence-corrected chi connectivity index (χ0v) is 10.6. The SMILES string of the molecule is CC(C)C[C@H](CN)CC(=O)N1CC(C)(O)C1. The number of aliphatic hydroxyl groups is 1. The van der Waals surface area contributed by atoms with Gasteiger partial charge in [0.15, 0.2) is 0 Å². The second kappa shape index (κ2) is 5.15. The molecule has 1 saturated heterocycles. The van der Waals surface area contributed by atoms with Crippen LogP contribution in [0.1, 0.15) is 33.6 Å². The number of likely N-dealkylation sites (tertiary alicyclic amines) is 1. The summed E-state index contributed by atoms with van der Waals surface area (Å²) in [5.74, 6) is 0.974. The highest BCUT2D eigenvalue weighted by atomic mass is 16.3. The maximum Gasteiger partial charge on any atom is 0.223 e. The van der Waals surface area contributed by atoms with Crippen LogP contribution in [0.25, 0.3) is 0 Å². The van der Waals surface area contributed by atoms with Gasteiger partial charge < -0.3 is 15.7 Å². The Labute approximate surface area is 97.8 Å². The van der Waals surface area contributed by atoms with Crippen LogP contribution in [0.4, 0.5) is 0 Å². The van der Waals surface area contributed by atoms with E-state index in [0.29, 0.717) is 32.0 Å². The standard InChI is InChI=1S/C12H24N2O2/c1-9(2)4-10(6-13)5-11(15)14-7-12(3,16)8-14/h9-10,16H,4-8,13H2,1-3H3/t10-/m0/s1. The van der Waals surface area contributed by atoms with Gasteiger partial charge in [-0.15, -0.1) is 0 Å². The number of amides is 1. The molecule has 1 aliphatic rings. The third-order valence-electron chi connectivity index (χ3n) is 3.02. The second-order valence-electron chi connectivity index (χ2n) is 5.68. The van der Waals surface area contributed by atoms with Gasteiger partial charge in [-0.05, 0) is 31.7 Å². The average molecular weight is 228 g/mol. The van der Waals surface area contributed by atoms with E-state index in [0.717, 1.165) is 6.42 Å². The summed E-state index contributed by atoms with van der Waals surface area (Å²) >= 11 is 0. The van der Waals surface area contributed by atoms with Crippen molar-refractivity contribution in [2.45, 2.75) is 39.2 Å². The number of hydrogen-bond donors (Lipinski definition) is 2. The van der Waals surface area contributed by atoms with E-state index >= 15 is 0 Å². The Morgan fingerprint density at radius 2 is 2.06 bits per heavy atom. The first-order chi connectivity index (χ1) is 7.34. The van der Waals surface area contributed by atoms with Gasteiger partial charge in [-0.1, -0.05) is 13.8 Å². The summed E-state index contributed by atoms with van der Waals surface area (Å²) in [4.78, 5) is 13.5. The molecule has 0 aliphatic carbocycles. The number of β-amino-alcohol motifs (C(OH)–C–C–N with tert-alkyl or cyclic N) is 1. The molecule has 4 nitrogen and oxygen atoms in total. The molecular formula is C12H24N2O2. The summed E-state index contributed by atoms with van der Waals surface area (Å²) in [6.45, 7) is 7.53. The molecule has 0 aromatic carbocycles. The molecular weight excluding hydrogens is 204 g/mol. The molecule has 1 aliphatic heterocycles. The first kappa shape index (κ1) is 13.5. The van der Waals surface area contributed by atoms with Crippen molar-refractivity contribution < 1.29 is 9.90 Å². The van der Waals surface area contributed by atoms with Gasteiger partial charge in [-0.2, -0.15) is 0 Å². The number of carbonyl (C=O) groups excluding carboxylic acids is 1. The van der Waals surface area contributed by atoms with Gasteiger partial charge >= 0.3 is 0 Å². The molecule has 0 aromatic heterocycles. The smallest absolute Gasteiger partial charge is 0.223 e. The van der Waals surface area contributed by atoms with Crippen LogP contribution in [0.3, 0.4) is 0 Å². The van der Waals surface area contributed by atoms with Crippen LogP contribution in [0, 0.1) is 11.8 Å². The molecule has 1 atom stereocenters. The largest absolute Gasteiger partial charge is 0.386 e. The minimum Gasteiger partial charge on any atom is -0.386 e. The van der Waals surface area contributed by atoms with Gasteiger partial charge in [0.05, 0.1) is 18.7 Å². The Bertz CT molecular complexity index is 243. The van der Waals surface area contributed by atoms with E-state index in [9.17, 15) is 9.90 Å². The fraction of sp³-hybridized carbons (Fsp3) is 0.917. The fourth-order valence-electron chi connectivity index (χ4n) is 2.26. The summed E-state index contributed by atoms with van der Waals surface area (Å²) in [5.41, 5.74) is 4.99. The van der Waals surface area contributed by atoms with Crippen LogP contribution in [0.15, 0.2) is 0 Å². The molecule has 0 radical (unpaired) electrons. The van der Waals surface area contributed by atoms with Crippen LogP contribution in [0.5, 0.6) is 0 Å². The van der Waals surface area contributed by atoms with E-state index in [4.69, 9.17) is 5.73 Å². The molecule has 16 heavy (non-hydrogen) atoms. The van der Waals surface area contributed by atoms with E-state index in [1.165, 1.54) is 0 Å². The van der Waals surface area contributed by atoms with Crippen LogP contribution in [0.2, 0.25) is 0 Å². The normalized spacial score (nSPS) is 20.8. The van der Waals surface area contributed by atoms with E-state index in [1.807, 2.05) is 0 Å². The summed E-state index contributed by atoms with van der Waals surface area (Å²) < 4.78 is 0. The maximum absolute atomic E-state index is 11.8. The van der Waals surface area contributed by atoms with Crippen molar-refractivity contribution >= 4 is 5.91 Å². The molecule has 0 unspecified atom stereocenters. The first-order valence-electron chi connectivity index (χ1n) is 6.04. The van der Waals surface area contributed by atoms with Gasteiger partial charge in [0, 0.05) is 6.42 Å². The molecule has 1 amide bonds. The summed E-state index contributed by atoms with van der Waals surface area (Å²) in [5, 5.41) is 9.55. The average Bonchev–Trinajstić information content (AvgIpc) is 2.11.